The van der Waals surface area contributed by atoms with E-state index in [1.165, 1.54) is 25.5 Å². The Kier molecular flexibility index (Phi) is 5.13. The van der Waals surface area contributed by atoms with Gasteiger partial charge in [-0.3, -0.25) is 4.90 Å². The number of sulfonamides is 1. The highest BCUT2D eigenvalue weighted by Gasteiger charge is 2.37. The number of urea groups is 1. The van der Waals surface area contributed by atoms with E-state index in [9.17, 15) is 13.2 Å². The van der Waals surface area contributed by atoms with Crippen molar-refractivity contribution in [3.05, 3.63) is 0 Å². The third-order valence-electron chi connectivity index (χ3n) is 5.25. The van der Waals surface area contributed by atoms with Crippen molar-refractivity contribution < 1.29 is 13.2 Å². The van der Waals surface area contributed by atoms with Gasteiger partial charge in [0.05, 0.1) is 6.26 Å². The molecular formula is C15H28N4O3S. The molecule has 132 valence electrons. The van der Waals surface area contributed by atoms with E-state index in [0.717, 1.165) is 32.4 Å². The van der Waals surface area contributed by atoms with Crippen LogP contribution in [0.5, 0.6) is 0 Å². The Labute approximate surface area is 138 Å². The number of nitrogens with one attached hydrogen (secondary N) is 2. The predicted molar refractivity (Wildman–Crippen MR) is 88.7 cm³/mol. The molecule has 0 bridgehead atoms. The second-order valence-corrected chi connectivity index (χ2v) is 8.90. The van der Waals surface area contributed by atoms with Crippen LogP contribution in [0.25, 0.3) is 0 Å². The van der Waals surface area contributed by atoms with Crippen LogP contribution in [0.4, 0.5) is 4.79 Å². The van der Waals surface area contributed by atoms with Crippen LogP contribution in [-0.4, -0.2) is 74.8 Å². The highest BCUT2D eigenvalue weighted by molar-refractivity contribution is 7.88. The van der Waals surface area contributed by atoms with Gasteiger partial charge in [-0.1, -0.05) is 6.42 Å². The molecule has 3 heterocycles. The SMILES string of the molecule is CS(=O)(=O)N[C@@H]1CCCN(C(=O)N[C@H]2CCN3CCCC[C@H]23)C1. The van der Waals surface area contributed by atoms with Gasteiger partial charge in [0.1, 0.15) is 0 Å². The third-order valence-corrected chi connectivity index (χ3v) is 6.02. The Morgan fingerprint density at radius 2 is 1.87 bits per heavy atom. The molecule has 0 radical (unpaired) electrons. The lowest BCUT2D eigenvalue weighted by molar-refractivity contribution is 0.157. The summed E-state index contributed by atoms with van der Waals surface area (Å²) in [6.45, 7) is 3.39. The number of nitrogens with zero attached hydrogens (tertiary/aromatic N) is 2. The second-order valence-electron chi connectivity index (χ2n) is 7.12. The molecule has 0 saturated carbocycles. The number of carbonyl (C=O) groups excluding carboxylic acids is 1. The molecule has 0 spiro atoms. The first-order valence-electron chi connectivity index (χ1n) is 8.69. The highest BCUT2D eigenvalue weighted by atomic mass is 32.2. The summed E-state index contributed by atoms with van der Waals surface area (Å²) in [7, 11) is -3.23. The molecule has 3 rings (SSSR count). The molecule has 23 heavy (non-hydrogen) atoms. The predicted octanol–water partition coefficient (Wildman–Crippen LogP) is 0.336. The van der Waals surface area contributed by atoms with Crippen LogP contribution in [0, 0.1) is 0 Å². The monoisotopic (exact) mass is 344 g/mol. The van der Waals surface area contributed by atoms with Gasteiger partial charge in [0, 0.05) is 37.8 Å². The van der Waals surface area contributed by atoms with Gasteiger partial charge in [0.25, 0.3) is 0 Å². The van der Waals surface area contributed by atoms with Crippen LogP contribution in [0.2, 0.25) is 0 Å². The van der Waals surface area contributed by atoms with Gasteiger partial charge in [-0.25, -0.2) is 17.9 Å². The average molecular weight is 344 g/mol. The minimum Gasteiger partial charge on any atom is -0.334 e. The molecule has 3 saturated heterocycles. The fraction of sp³-hybridized carbons (Fsp3) is 0.933. The van der Waals surface area contributed by atoms with Crippen molar-refractivity contribution in [2.24, 2.45) is 0 Å². The second kappa shape index (κ2) is 6.94. The highest BCUT2D eigenvalue weighted by Crippen LogP contribution is 2.27. The van der Waals surface area contributed by atoms with Crippen molar-refractivity contribution in [1.82, 2.24) is 19.8 Å². The van der Waals surface area contributed by atoms with Crippen molar-refractivity contribution >= 4 is 16.1 Å². The third kappa shape index (κ3) is 4.36. The Bertz CT molecular complexity index is 539. The zero-order chi connectivity index (χ0) is 16.4. The van der Waals surface area contributed by atoms with Crippen LogP contribution in [0.1, 0.15) is 38.5 Å². The summed E-state index contributed by atoms with van der Waals surface area (Å²) < 4.78 is 25.4. The minimum atomic E-state index is -3.23. The molecule has 3 atom stereocenters. The average Bonchev–Trinajstić information content (AvgIpc) is 2.89. The summed E-state index contributed by atoms with van der Waals surface area (Å²) in [6, 6.07) is 0.523. The molecule has 3 aliphatic heterocycles. The maximum absolute atomic E-state index is 12.6. The van der Waals surface area contributed by atoms with Crippen molar-refractivity contribution in [2.45, 2.75) is 56.7 Å². The number of hydrogen-bond acceptors (Lipinski definition) is 4. The first kappa shape index (κ1) is 17.0. The fourth-order valence-electron chi connectivity index (χ4n) is 4.23. The van der Waals surface area contributed by atoms with E-state index >= 15 is 0 Å². The Balaban J connectivity index is 1.53. The zero-order valence-corrected chi connectivity index (χ0v) is 14.6. The number of fused-ring (bicyclic) bond motifs is 1. The molecule has 2 N–H and O–H groups in total. The molecule has 8 heteroatoms. The van der Waals surface area contributed by atoms with Gasteiger partial charge in [0.15, 0.2) is 0 Å². The standard InChI is InChI=1S/C15H28N4O3S/c1-23(21,22)17-12-5-4-9-19(11-12)15(20)16-13-7-10-18-8-3-2-6-14(13)18/h12-14,17H,2-11H2,1H3,(H,16,20)/t12-,13+,14-/m1/s1. The Morgan fingerprint density at radius 3 is 2.65 bits per heavy atom. The molecule has 0 unspecified atom stereocenters. The van der Waals surface area contributed by atoms with Gasteiger partial charge in [-0.15, -0.1) is 0 Å². The zero-order valence-electron chi connectivity index (χ0n) is 13.8. The summed E-state index contributed by atoms with van der Waals surface area (Å²) in [5.74, 6) is 0. The number of carbonyl (C=O) groups is 1. The molecule has 2 amide bonds. The van der Waals surface area contributed by atoms with E-state index in [4.69, 9.17) is 0 Å². The van der Waals surface area contributed by atoms with Crippen molar-refractivity contribution in [3.8, 4) is 0 Å². The smallest absolute Gasteiger partial charge is 0.317 e. The number of likely N-dealkylation sites (tertiary alicyclic amines) is 1. The van der Waals surface area contributed by atoms with E-state index in [-0.39, 0.29) is 18.1 Å². The van der Waals surface area contributed by atoms with Crippen LogP contribution in [0.15, 0.2) is 0 Å². The van der Waals surface area contributed by atoms with Gasteiger partial charge in [-0.2, -0.15) is 0 Å². The molecular weight excluding hydrogens is 316 g/mol. The molecule has 0 aromatic carbocycles. The first-order valence-corrected chi connectivity index (χ1v) is 10.6. The molecule has 7 nitrogen and oxygen atoms in total. The lowest BCUT2D eigenvalue weighted by Gasteiger charge is -2.36. The number of piperidine rings is 2. The largest absolute Gasteiger partial charge is 0.334 e. The summed E-state index contributed by atoms with van der Waals surface area (Å²) in [5.41, 5.74) is 0. The van der Waals surface area contributed by atoms with E-state index in [1.807, 2.05) is 0 Å². The summed E-state index contributed by atoms with van der Waals surface area (Å²) in [6.07, 6.45) is 7.50. The first-order chi connectivity index (χ1) is 10.9. The van der Waals surface area contributed by atoms with E-state index < -0.39 is 10.0 Å². The summed E-state index contributed by atoms with van der Waals surface area (Å²) in [5, 5.41) is 3.20. The topological polar surface area (TPSA) is 81.8 Å². The quantitative estimate of drug-likeness (QED) is 0.773. The van der Waals surface area contributed by atoms with Crippen LogP contribution in [-0.2, 0) is 10.0 Å². The van der Waals surface area contributed by atoms with E-state index in [0.29, 0.717) is 19.1 Å². The van der Waals surface area contributed by atoms with Crippen LogP contribution < -0.4 is 10.0 Å². The van der Waals surface area contributed by atoms with Crippen LogP contribution >= 0.6 is 0 Å². The number of hydrogen-bond donors (Lipinski definition) is 2. The fourth-order valence-corrected chi connectivity index (χ4v) is 5.02. The molecule has 3 fully saturated rings. The van der Waals surface area contributed by atoms with E-state index in [2.05, 4.69) is 14.9 Å². The summed E-state index contributed by atoms with van der Waals surface area (Å²) >= 11 is 0. The maximum atomic E-state index is 12.6. The molecule has 3 aliphatic rings. The van der Waals surface area contributed by atoms with Gasteiger partial charge in [0.2, 0.25) is 10.0 Å². The number of amides is 2. The van der Waals surface area contributed by atoms with Gasteiger partial charge in [-0.05, 0) is 38.6 Å². The number of rotatable bonds is 3. The van der Waals surface area contributed by atoms with Gasteiger partial charge >= 0.3 is 6.03 Å². The van der Waals surface area contributed by atoms with Crippen LogP contribution in [0.3, 0.4) is 0 Å². The Hall–Kier alpha value is -0.860. The van der Waals surface area contributed by atoms with Crippen molar-refractivity contribution in [2.75, 3.05) is 32.4 Å². The lowest BCUT2D eigenvalue weighted by atomic mass is 9.99. The van der Waals surface area contributed by atoms with Gasteiger partial charge < -0.3 is 10.2 Å². The Morgan fingerprint density at radius 1 is 1.04 bits per heavy atom. The molecule has 0 aromatic heterocycles. The summed E-state index contributed by atoms with van der Waals surface area (Å²) in [4.78, 5) is 16.8. The maximum Gasteiger partial charge on any atom is 0.317 e. The lowest BCUT2D eigenvalue weighted by Crippen LogP contribution is -2.55. The normalized spacial score (nSPS) is 32.6. The van der Waals surface area contributed by atoms with E-state index in [1.54, 1.807) is 4.90 Å². The molecule has 0 aliphatic carbocycles. The van der Waals surface area contributed by atoms with Crippen molar-refractivity contribution in [3.63, 3.8) is 0 Å². The van der Waals surface area contributed by atoms with Crippen molar-refractivity contribution in [1.29, 1.82) is 0 Å². The molecule has 0 aromatic rings. The minimum absolute atomic E-state index is 0.0394.